The molecule has 104 valence electrons. The SMILES string of the molecule is C#CCC[C@@H](CCO[Si](C)(C)C(C)(C)C)C(=C)C. The maximum atomic E-state index is 6.20. The van der Waals surface area contributed by atoms with Gasteiger partial charge >= 0.3 is 0 Å². The van der Waals surface area contributed by atoms with Crippen molar-refractivity contribution in [3.05, 3.63) is 12.2 Å². The first-order valence-corrected chi connectivity index (χ1v) is 9.75. The summed E-state index contributed by atoms with van der Waals surface area (Å²) in [4.78, 5) is 0. The van der Waals surface area contributed by atoms with E-state index in [1.807, 2.05) is 0 Å². The molecule has 1 nitrogen and oxygen atoms in total. The summed E-state index contributed by atoms with van der Waals surface area (Å²) in [6, 6.07) is 0. The van der Waals surface area contributed by atoms with Crippen LogP contribution in [0.4, 0.5) is 0 Å². The van der Waals surface area contributed by atoms with Crippen LogP contribution in [0.5, 0.6) is 0 Å². The summed E-state index contributed by atoms with van der Waals surface area (Å²) in [7, 11) is -1.61. The second-order valence-electron chi connectivity index (χ2n) is 6.68. The summed E-state index contributed by atoms with van der Waals surface area (Å²) in [6.45, 7) is 18.4. The maximum Gasteiger partial charge on any atom is 0.191 e. The topological polar surface area (TPSA) is 9.23 Å². The van der Waals surface area contributed by atoms with Crippen molar-refractivity contribution in [3.8, 4) is 12.3 Å². The van der Waals surface area contributed by atoms with Gasteiger partial charge in [-0.15, -0.1) is 12.3 Å². The van der Waals surface area contributed by atoms with Gasteiger partial charge in [-0.3, -0.25) is 0 Å². The second kappa shape index (κ2) is 7.16. The molecule has 0 aliphatic carbocycles. The monoisotopic (exact) mass is 266 g/mol. The van der Waals surface area contributed by atoms with Crippen LogP contribution in [0, 0.1) is 18.3 Å². The fourth-order valence-corrected chi connectivity index (χ4v) is 2.63. The van der Waals surface area contributed by atoms with Crippen LogP contribution in [-0.4, -0.2) is 14.9 Å². The van der Waals surface area contributed by atoms with Gasteiger partial charge in [0.2, 0.25) is 0 Å². The zero-order valence-corrected chi connectivity index (χ0v) is 14.1. The summed E-state index contributed by atoms with van der Waals surface area (Å²) in [5.74, 6) is 3.22. The van der Waals surface area contributed by atoms with Gasteiger partial charge in [0.15, 0.2) is 8.32 Å². The van der Waals surface area contributed by atoms with E-state index in [9.17, 15) is 0 Å². The highest BCUT2D eigenvalue weighted by molar-refractivity contribution is 6.74. The van der Waals surface area contributed by atoms with Gasteiger partial charge in [0, 0.05) is 13.0 Å². The summed E-state index contributed by atoms with van der Waals surface area (Å²) in [5.41, 5.74) is 1.23. The van der Waals surface area contributed by atoms with Crippen molar-refractivity contribution in [2.45, 2.75) is 65.1 Å². The molecule has 0 heterocycles. The molecule has 0 bridgehead atoms. The van der Waals surface area contributed by atoms with Gasteiger partial charge < -0.3 is 4.43 Å². The Bertz CT molecular complexity index is 304. The Hall–Kier alpha value is -0.523. The molecule has 1 atom stereocenters. The molecule has 0 fully saturated rings. The van der Waals surface area contributed by atoms with Crippen LogP contribution in [0.25, 0.3) is 0 Å². The van der Waals surface area contributed by atoms with Crippen molar-refractivity contribution in [1.29, 1.82) is 0 Å². The molecule has 0 aromatic rings. The van der Waals surface area contributed by atoms with Crippen molar-refractivity contribution in [3.63, 3.8) is 0 Å². The number of hydrogen-bond donors (Lipinski definition) is 0. The summed E-state index contributed by atoms with van der Waals surface area (Å²) in [6.07, 6.45) is 8.24. The zero-order chi connectivity index (χ0) is 14.4. The molecular formula is C16H30OSi. The quantitative estimate of drug-likeness (QED) is 0.358. The largest absolute Gasteiger partial charge is 0.417 e. The van der Waals surface area contributed by atoms with Crippen LogP contribution < -0.4 is 0 Å². The predicted octanol–water partition coefficient (Wildman–Crippen LogP) is 5.00. The third-order valence-electron chi connectivity index (χ3n) is 4.07. The van der Waals surface area contributed by atoms with Crippen LogP contribution in [0.15, 0.2) is 12.2 Å². The van der Waals surface area contributed by atoms with E-state index in [-0.39, 0.29) is 5.04 Å². The molecule has 2 heteroatoms. The molecule has 0 aliphatic heterocycles. The number of hydrogen-bond acceptors (Lipinski definition) is 1. The summed E-state index contributed by atoms with van der Waals surface area (Å²) >= 11 is 0. The standard InChI is InChI=1S/C16H30OSi/c1-9-10-11-15(14(2)3)12-13-17-18(7,8)16(4,5)6/h1,15H,2,10-13H2,3-8H3/t15-/m0/s1. The van der Waals surface area contributed by atoms with Crippen LogP contribution in [0.2, 0.25) is 18.1 Å². The minimum absolute atomic E-state index is 0.282. The summed E-state index contributed by atoms with van der Waals surface area (Å²) < 4.78 is 6.20. The van der Waals surface area contributed by atoms with Gasteiger partial charge in [0.1, 0.15) is 0 Å². The number of allylic oxidation sites excluding steroid dienone is 1. The number of terminal acetylenes is 1. The minimum atomic E-state index is -1.61. The zero-order valence-electron chi connectivity index (χ0n) is 13.1. The average molecular weight is 267 g/mol. The molecule has 0 rings (SSSR count). The first-order valence-electron chi connectivity index (χ1n) is 6.84. The highest BCUT2D eigenvalue weighted by atomic mass is 28.4. The third-order valence-corrected chi connectivity index (χ3v) is 8.61. The minimum Gasteiger partial charge on any atom is -0.417 e. The van der Waals surface area contributed by atoms with E-state index in [2.05, 4.69) is 53.3 Å². The van der Waals surface area contributed by atoms with E-state index in [1.165, 1.54) is 5.57 Å². The summed E-state index contributed by atoms with van der Waals surface area (Å²) in [5, 5.41) is 0.282. The van der Waals surface area contributed by atoms with Gasteiger partial charge in [-0.05, 0) is 43.8 Å². The lowest BCUT2D eigenvalue weighted by atomic mass is 9.93. The van der Waals surface area contributed by atoms with Crippen LogP contribution in [-0.2, 0) is 4.43 Å². The fourth-order valence-electron chi connectivity index (χ4n) is 1.57. The van der Waals surface area contributed by atoms with Crippen molar-refractivity contribution in [2.75, 3.05) is 6.61 Å². The molecule has 0 aromatic heterocycles. The van der Waals surface area contributed by atoms with E-state index in [1.54, 1.807) is 0 Å². The predicted molar refractivity (Wildman–Crippen MR) is 84.1 cm³/mol. The Kier molecular flexibility index (Phi) is 6.95. The smallest absolute Gasteiger partial charge is 0.191 e. The molecule has 0 radical (unpaired) electrons. The van der Waals surface area contributed by atoms with Crippen molar-refractivity contribution >= 4 is 8.32 Å². The Morgan fingerprint density at radius 2 is 1.89 bits per heavy atom. The Labute approximate surface area is 115 Å². The van der Waals surface area contributed by atoms with Gasteiger partial charge in [-0.1, -0.05) is 32.9 Å². The normalized spacial score (nSPS) is 14.1. The lowest BCUT2D eigenvalue weighted by Crippen LogP contribution is -2.41. The maximum absolute atomic E-state index is 6.20. The molecule has 0 N–H and O–H groups in total. The Morgan fingerprint density at radius 3 is 2.28 bits per heavy atom. The third kappa shape index (κ3) is 5.89. The first-order chi connectivity index (χ1) is 8.12. The molecule has 0 amide bonds. The highest BCUT2D eigenvalue weighted by Gasteiger charge is 2.36. The lowest BCUT2D eigenvalue weighted by Gasteiger charge is -2.36. The lowest BCUT2D eigenvalue weighted by molar-refractivity contribution is 0.261. The average Bonchev–Trinajstić information content (AvgIpc) is 2.20. The first kappa shape index (κ1) is 17.5. The number of rotatable bonds is 7. The molecule has 18 heavy (non-hydrogen) atoms. The van der Waals surface area contributed by atoms with Gasteiger partial charge in [0.05, 0.1) is 0 Å². The van der Waals surface area contributed by atoms with Gasteiger partial charge in [-0.25, -0.2) is 0 Å². The second-order valence-corrected chi connectivity index (χ2v) is 11.5. The molecule has 0 aromatic carbocycles. The molecule has 0 unspecified atom stereocenters. The molecule has 0 saturated heterocycles. The van der Waals surface area contributed by atoms with Gasteiger partial charge in [0.25, 0.3) is 0 Å². The van der Waals surface area contributed by atoms with Crippen molar-refractivity contribution < 1.29 is 4.43 Å². The van der Waals surface area contributed by atoms with Crippen LogP contribution in [0.1, 0.15) is 47.0 Å². The molecule has 0 spiro atoms. The van der Waals surface area contributed by atoms with Crippen molar-refractivity contribution in [1.82, 2.24) is 0 Å². The van der Waals surface area contributed by atoms with E-state index < -0.39 is 8.32 Å². The fraction of sp³-hybridized carbons (Fsp3) is 0.750. The molecular weight excluding hydrogens is 236 g/mol. The van der Waals surface area contributed by atoms with E-state index in [4.69, 9.17) is 10.8 Å². The molecule has 0 saturated carbocycles. The Morgan fingerprint density at radius 1 is 1.33 bits per heavy atom. The highest BCUT2D eigenvalue weighted by Crippen LogP contribution is 2.36. The van der Waals surface area contributed by atoms with E-state index in [0.29, 0.717) is 5.92 Å². The van der Waals surface area contributed by atoms with E-state index in [0.717, 1.165) is 25.9 Å². The van der Waals surface area contributed by atoms with Crippen molar-refractivity contribution in [2.24, 2.45) is 5.92 Å². The van der Waals surface area contributed by atoms with Crippen LogP contribution in [0.3, 0.4) is 0 Å². The van der Waals surface area contributed by atoms with E-state index >= 15 is 0 Å². The Balaban J connectivity index is 4.23. The van der Waals surface area contributed by atoms with Crippen LogP contribution >= 0.6 is 0 Å². The van der Waals surface area contributed by atoms with Gasteiger partial charge in [-0.2, -0.15) is 0 Å². The molecule has 0 aliphatic rings.